The second-order valence-electron chi connectivity index (χ2n) is 2.86. The summed E-state index contributed by atoms with van der Waals surface area (Å²) in [7, 11) is 0. The lowest BCUT2D eigenvalue weighted by atomic mass is 10.2. The zero-order valence-corrected chi connectivity index (χ0v) is 10.6. The van der Waals surface area contributed by atoms with E-state index in [1.165, 1.54) is 0 Å². The average molecular weight is 264 g/mol. The number of nitrogens with zero attached hydrogens (tertiary/aromatic N) is 2. The molecule has 0 aliphatic carbocycles. The minimum Gasteiger partial charge on any atom is -0.462 e. The van der Waals surface area contributed by atoms with Crippen molar-refractivity contribution in [3.63, 3.8) is 0 Å². The van der Waals surface area contributed by atoms with Crippen LogP contribution in [-0.2, 0) is 4.74 Å². The number of thiocarbonyl (C=S) groups is 2. The Balaban J connectivity index is 3.24. The smallest absolute Gasteiger partial charge is 0.338 e. The molecule has 0 N–H and O–H groups in total. The molecule has 0 heterocycles. The minimum atomic E-state index is -0.449. The van der Waals surface area contributed by atoms with Crippen LogP contribution in [0.25, 0.3) is 0 Å². The summed E-state index contributed by atoms with van der Waals surface area (Å²) in [5, 5.41) is 4.44. The first kappa shape index (κ1) is 13.4. The number of hydrogen-bond donors (Lipinski definition) is 0. The van der Waals surface area contributed by atoms with E-state index >= 15 is 0 Å². The maximum Gasteiger partial charge on any atom is 0.338 e. The molecule has 86 valence electrons. The van der Waals surface area contributed by atoms with Crippen molar-refractivity contribution in [2.45, 2.75) is 6.92 Å². The highest BCUT2D eigenvalue weighted by atomic mass is 32.1. The van der Waals surface area contributed by atoms with E-state index in [0.29, 0.717) is 23.5 Å². The Hall–Kier alpha value is -1.71. The van der Waals surface area contributed by atoms with Gasteiger partial charge in [0.15, 0.2) is 0 Å². The maximum absolute atomic E-state index is 11.6. The van der Waals surface area contributed by atoms with Crippen LogP contribution in [0.5, 0.6) is 0 Å². The molecule has 0 aliphatic heterocycles. The largest absolute Gasteiger partial charge is 0.462 e. The van der Waals surface area contributed by atoms with Crippen LogP contribution in [0.1, 0.15) is 17.3 Å². The van der Waals surface area contributed by atoms with E-state index in [-0.39, 0.29) is 0 Å². The van der Waals surface area contributed by atoms with Crippen LogP contribution >= 0.6 is 24.4 Å². The molecule has 4 nitrogen and oxygen atoms in total. The van der Waals surface area contributed by atoms with Crippen LogP contribution in [0.15, 0.2) is 28.2 Å². The van der Waals surface area contributed by atoms with Gasteiger partial charge in [-0.2, -0.15) is 9.98 Å². The number of benzene rings is 1. The number of rotatable bonds is 4. The Bertz CT molecular complexity index is 494. The molecule has 0 atom stereocenters. The molecule has 0 bridgehead atoms. The molecule has 1 aromatic rings. The molecule has 0 amide bonds. The number of hydrogen-bond acceptors (Lipinski definition) is 6. The fourth-order valence-electron chi connectivity index (χ4n) is 1.16. The lowest BCUT2D eigenvalue weighted by molar-refractivity contribution is 0.0526. The molecule has 0 saturated heterocycles. The molecule has 0 unspecified atom stereocenters. The lowest BCUT2D eigenvalue weighted by Gasteiger charge is -2.03. The van der Waals surface area contributed by atoms with Gasteiger partial charge in [0.25, 0.3) is 0 Å². The van der Waals surface area contributed by atoms with E-state index in [2.05, 4.69) is 44.7 Å². The van der Waals surface area contributed by atoms with E-state index in [4.69, 9.17) is 4.74 Å². The van der Waals surface area contributed by atoms with Crippen molar-refractivity contribution in [3.8, 4) is 0 Å². The van der Waals surface area contributed by atoms with E-state index < -0.39 is 5.97 Å². The van der Waals surface area contributed by atoms with Gasteiger partial charge in [0.2, 0.25) is 0 Å². The summed E-state index contributed by atoms with van der Waals surface area (Å²) in [6, 6.07) is 4.70. The zero-order chi connectivity index (χ0) is 12.7. The van der Waals surface area contributed by atoms with Crippen LogP contribution in [0.2, 0.25) is 0 Å². The number of ether oxygens (including phenoxy) is 1. The van der Waals surface area contributed by atoms with Gasteiger partial charge in [-0.25, -0.2) is 4.79 Å². The predicted octanol–water partition coefficient (Wildman–Crippen LogP) is 3.33. The fourth-order valence-corrected chi connectivity index (χ4v) is 1.37. The normalized spacial score (nSPS) is 8.76. The highest BCUT2D eigenvalue weighted by Crippen LogP contribution is 2.23. The first-order chi connectivity index (χ1) is 8.21. The van der Waals surface area contributed by atoms with Gasteiger partial charge in [-0.1, -0.05) is 0 Å². The fraction of sp³-hybridized carbons (Fsp3) is 0.182. The van der Waals surface area contributed by atoms with Gasteiger partial charge in [-0.15, -0.1) is 0 Å². The van der Waals surface area contributed by atoms with Gasteiger partial charge < -0.3 is 4.74 Å². The maximum atomic E-state index is 11.6. The van der Waals surface area contributed by atoms with Crippen LogP contribution in [0.4, 0.5) is 11.4 Å². The monoisotopic (exact) mass is 264 g/mol. The molecule has 0 aliphatic rings. The minimum absolute atomic E-state index is 0.297. The van der Waals surface area contributed by atoms with Crippen LogP contribution < -0.4 is 0 Å². The van der Waals surface area contributed by atoms with E-state index in [1.54, 1.807) is 25.1 Å². The van der Waals surface area contributed by atoms with Gasteiger partial charge in [0, 0.05) is 0 Å². The van der Waals surface area contributed by atoms with Gasteiger partial charge >= 0.3 is 5.97 Å². The molecular formula is C11H8N2O2S2. The number of carbonyl (C=O) groups is 1. The Morgan fingerprint density at radius 3 is 2.18 bits per heavy atom. The van der Waals surface area contributed by atoms with Gasteiger partial charge in [-0.05, 0) is 49.6 Å². The molecular weight excluding hydrogens is 256 g/mol. The molecule has 0 aromatic heterocycles. The molecule has 17 heavy (non-hydrogen) atoms. The summed E-state index contributed by atoms with van der Waals surface area (Å²) >= 11 is 9.00. The SMILES string of the molecule is CCOC(=O)c1cc(N=C=S)cc(N=C=S)c1. The number of aliphatic imine (C=N–C) groups is 2. The number of carbonyl (C=O) groups excluding carboxylic acids is 1. The Kier molecular flexibility index (Phi) is 5.33. The van der Waals surface area contributed by atoms with Gasteiger partial charge in [0.05, 0.1) is 33.9 Å². The lowest BCUT2D eigenvalue weighted by Crippen LogP contribution is -2.04. The van der Waals surface area contributed by atoms with Crippen molar-refractivity contribution in [1.29, 1.82) is 0 Å². The van der Waals surface area contributed by atoms with Crippen molar-refractivity contribution in [3.05, 3.63) is 23.8 Å². The highest BCUT2D eigenvalue weighted by molar-refractivity contribution is 7.78. The predicted molar refractivity (Wildman–Crippen MR) is 71.8 cm³/mol. The molecule has 1 rings (SSSR count). The number of isothiocyanates is 2. The summed E-state index contributed by atoms with van der Waals surface area (Å²) in [6.07, 6.45) is 0. The van der Waals surface area contributed by atoms with E-state index in [0.717, 1.165) is 0 Å². The van der Waals surface area contributed by atoms with Gasteiger partial charge in [-0.3, -0.25) is 0 Å². The molecule has 0 radical (unpaired) electrons. The van der Waals surface area contributed by atoms with E-state index in [1.807, 2.05) is 0 Å². The summed E-state index contributed by atoms with van der Waals surface area (Å²) in [4.78, 5) is 19.1. The number of esters is 1. The van der Waals surface area contributed by atoms with Crippen molar-refractivity contribution >= 4 is 52.1 Å². The van der Waals surface area contributed by atoms with Crippen molar-refractivity contribution < 1.29 is 9.53 Å². The molecule has 6 heteroatoms. The Labute approximate surface area is 109 Å². The summed E-state index contributed by atoms with van der Waals surface area (Å²) in [5.74, 6) is -0.449. The first-order valence-electron chi connectivity index (χ1n) is 4.69. The second kappa shape index (κ2) is 6.78. The second-order valence-corrected chi connectivity index (χ2v) is 3.23. The van der Waals surface area contributed by atoms with E-state index in [9.17, 15) is 4.79 Å². The van der Waals surface area contributed by atoms with Crippen LogP contribution in [0.3, 0.4) is 0 Å². The van der Waals surface area contributed by atoms with Crippen LogP contribution in [-0.4, -0.2) is 22.9 Å². The first-order valence-corrected chi connectivity index (χ1v) is 5.51. The quantitative estimate of drug-likeness (QED) is 0.475. The Morgan fingerprint density at radius 2 is 1.76 bits per heavy atom. The Morgan fingerprint density at radius 1 is 1.24 bits per heavy atom. The molecule has 0 saturated carbocycles. The van der Waals surface area contributed by atoms with Crippen molar-refractivity contribution in [2.75, 3.05) is 6.61 Å². The molecule has 0 spiro atoms. The zero-order valence-electron chi connectivity index (χ0n) is 8.97. The van der Waals surface area contributed by atoms with Crippen molar-refractivity contribution in [1.82, 2.24) is 0 Å². The molecule has 1 aromatic carbocycles. The standard InChI is InChI=1S/C11H8N2O2S2/c1-2-15-11(14)8-3-9(12-6-16)5-10(4-8)13-7-17/h3-5H,2H2,1H3. The van der Waals surface area contributed by atoms with Gasteiger partial charge in [0.1, 0.15) is 0 Å². The third-order valence-corrected chi connectivity index (χ3v) is 1.95. The van der Waals surface area contributed by atoms with Crippen molar-refractivity contribution in [2.24, 2.45) is 9.98 Å². The third-order valence-electron chi connectivity index (χ3n) is 1.76. The third kappa shape index (κ3) is 3.98. The average Bonchev–Trinajstić information content (AvgIpc) is 2.30. The summed E-state index contributed by atoms with van der Waals surface area (Å²) in [6.45, 7) is 2.03. The molecule has 0 fully saturated rings. The van der Waals surface area contributed by atoms with Crippen LogP contribution in [0, 0.1) is 0 Å². The summed E-state index contributed by atoms with van der Waals surface area (Å²) in [5.41, 5.74) is 1.27. The summed E-state index contributed by atoms with van der Waals surface area (Å²) < 4.78 is 4.88. The topological polar surface area (TPSA) is 51.0 Å². The highest BCUT2D eigenvalue weighted by Gasteiger charge is 2.09.